The first kappa shape index (κ1) is 14.2. The molecule has 0 bridgehead atoms. The molecule has 7 nitrogen and oxygen atoms in total. The van der Waals surface area contributed by atoms with Gasteiger partial charge in [-0.1, -0.05) is 12.1 Å². The molecule has 0 unspecified atom stereocenters. The van der Waals surface area contributed by atoms with E-state index < -0.39 is 29.1 Å². The number of carboxylic acid groups (broad SMARTS) is 1. The Labute approximate surface area is 118 Å². The predicted octanol–water partition coefficient (Wildman–Crippen LogP) is 1.75. The SMILES string of the molecule is O=C(Nc1cccc(C(=O)O)c1O)c1cccc(O)c1O. The van der Waals surface area contributed by atoms with Gasteiger partial charge in [0.25, 0.3) is 5.91 Å². The summed E-state index contributed by atoms with van der Waals surface area (Å²) in [5.74, 6) is -3.82. The molecule has 1 amide bonds. The van der Waals surface area contributed by atoms with Crippen molar-refractivity contribution in [3.8, 4) is 17.2 Å². The zero-order valence-corrected chi connectivity index (χ0v) is 10.6. The molecule has 2 aromatic rings. The number of para-hydroxylation sites is 2. The van der Waals surface area contributed by atoms with E-state index in [1.165, 1.54) is 36.4 Å². The molecule has 7 heteroatoms. The van der Waals surface area contributed by atoms with E-state index in [0.717, 1.165) is 0 Å². The van der Waals surface area contributed by atoms with E-state index in [4.69, 9.17) is 5.11 Å². The fourth-order valence-corrected chi connectivity index (χ4v) is 1.72. The van der Waals surface area contributed by atoms with E-state index >= 15 is 0 Å². The van der Waals surface area contributed by atoms with E-state index in [2.05, 4.69) is 5.32 Å². The summed E-state index contributed by atoms with van der Waals surface area (Å²) in [6.07, 6.45) is 0. The number of anilines is 1. The maximum atomic E-state index is 12.0. The average molecular weight is 289 g/mol. The first-order chi connectivity index (χ1) is 9.91. The molecule has 0 aromatic heterocycles. The van der Waals surface area contributed by atoms with Gasteiger partial charge in [0.1, 0.15) is 5.56 Å². The summed E-state index contributed by atoms with van der Waals surface area (Å²) in [5, 5.41) is 39.8. The number of aromatic hydroxyl groups is 3. The van der Waals surface area contributed by atoms with Gasteiger partial charge in [-0.25, -0.2) is 4.79 Å². The first-order valence-electron chi connectivity index (χ1n) is 5.79. The highest BCUT2D eigenvalue weighted by Gasteiger charge is 2.18. The molecular weight excluding hydrogens is 278 g/mol. The lowest BCUT2D eigenvalue weighted by atomic mass is 10.1. The zero-order valence-electron chi connectivity index (χ0n) is 10.6. The van der Waals surface area contributed by atoms with Crippen LogP contribution in [-0.4, -0.2) is 32.3 Å². The molecule has 0 saturated carbocycles. The predicted molar refractivity (Wildman–Crippen MR) is 72.8 cm³/mol. The normalized spacial score (nSPS) is 10.1. The molecular formula is C14H11NO6. The van der Waals surface area contributed by atoms with Gasteiger partial charge in [0.2, 0.25) is 0 Å². The molecule has 108 valence electrons. The lowest BCUT2D eigenvalue weighted by molar-refractivity contribution is 0.0693. The van der Waals surface area contributed by atoms with Crippen molar-refractivity contribution in [3.05, 3.63) is 47.5 Å². The van der Waals surface area contributed by atoms with Gasteiger partial charge in [-0.05, 0) is 24.3 Å². The highest BCUT2D eigenvalue weighted by atomic mass is 16.4. The Hall–Kier alpha value is -3.22. The molecule has 21 heavy (non-hydrogen) atoms. The maximum Gasteiger partial charge on any atom is 0.339 e. The molecule has 0 radical (unpaired) electrons. The number of rotatable bonds is 3. The number of amides is 1. The molecule has 2 aromatic carbocycles. The van der Waals surface area contributed by atoms with Gasteiger partial charge in [-0.3, -0.25) is 4.79 Å². The standard InChI is InChI=1S/C14H11NO6/c16-10-6-2-3-7(12(10)18)13(19)15-9-5-1-4-8(11(9)17)14(20)21/h1-6,16-18H,(H,15,19)(H,20,21). The van der Waals surface area contributed by atoms with E-state index in [1.54, 1.807) is 0 Å². The van der Waals surface area contributed by atoms with E-state index in [9.17, 15) is 24.9 Å². The van der Waals surface area contributed by atoms with Crippen molar-refractivity contribution in [1.29, 1.82) is 0 Å². The van der Waals surface area contributed by atoms with Crippen LogP contribution in [0.15, 0.2) is 36.4 Å². The molecule has 0 saturated heterocycles. The number of aromatic carboxylic acids is 1. The number of carbonyl (C=O) groups excluding carboxylic acids is 1. The Morgan fingerprint density at radius 1 is 0.857 bits per heavy atom. The Kier molecular flexibility index (Phi) is 3.66. The fraction of sp³-hybridized carbons (Fsp3) is 0. The molecule has 5 N–H and O–H groups in total. The summed E-state index contributed by atoms with van der Waals surface area (Å²) < 4.78 is 0. The van der Waals surface area contributed by atoms with Crippen LogP contribution in [-0.2, 0) is 0 Å². The largest absolute Gasteiger partial charge is 0.505 e. The molecule has 0 spiro atoms. The van der Waals surface area contributed by atoms with Gasteiger partial charge in [-0.15, -0.1) is 0 Å². The summed E-state index contributed by atoms with van der Waals surface area (Å²) in [7, 11) is 0. The minimum Gasteiger partial charge on any atom is -0.505 e. The van der Waals surface area contributed by atoms with Crippen LogP contribution in [0.3, 0.4) is 0 Å². The number of carbonyl (C=O) groups is 2. The highest BCUT2D eigenvalue weighted by Crippen LogP contribution is 2.31. The van der Waals surface area contributed by atoms with Gasteiger partial charge in [0.05, 0.1) is 11.3 Å². The smallest absolute Gasteiger partial charge is 0.339 e. The third-order valence-corrected chi connectivity index (χ3v) is 2.77. The quantitative estimate of drug-likeness (QED) is 0.548. The maximum absolute atomic E-state index is 12.0. The topological polar surface area (TPSA) is 127 Å². The number of hydrogen-bond donors (Lipinski definition) is 5. The van der Waals surface area contributed by atoms with Crippen molar-refractivity contribution in [1.82, 2.24) is 0 Å². The van der Waals surface area contributed by atoms with Crippen LogP contribution < -0.4 is 5.32 Å². The van der Waals surface area contributed by atoms with Crippen molar-refractivity contribution in [3.63, 3.8) is 0 Å². The Balaban J connectivity index is 2.34. The van der Waals surface area contributed by atoms with E-state index in [0.29, 0.717) is 0 Å². The second-order valence-corrected chi connectivity index (χ2v) is 4.13. The Bertz CT molecular complexity index is 725. The number of nitrogens with one attached hydrogen (secondary N) is 1. The third kappa shape index (κ3) is 2.71. The minimum atomic E-state index is -1.34. The lowest BCUT2D eigenvalue weighted by Crippen LogP contribution is -2.13. The number of phenols is 3. The fourth-order valence-electron chi connectivity index (χ4n) is 1.72. The van der Waals surface area contributed by atoms with Crippen molar-refractivity contribution in [2.24, 2.45) is 0 Å². The van der Waals surface area contributed by atoms with Crippen LogP contribution in [0.2, 0.25) is 0 Å². The molecule has 0 fully saturated rings. The van der Waals surface area contributed by atoms with Crippen LogP contribution in [0.25, 0.3) is 0 Å². The van der Waals surface area contributed by atoms with Gasteiger partial charge in [0, 0.05) is 0 Å². The van der Waals surface area contributed by atoms with Crippen molar-refractivity contribution >= 4 is 17.6 Å². The number of phenolic OH excluding ortho intramolecular Hbond substituents is 2. The molecule has 2 rings (SSSR count). The van der Waals surface area contributed by atoms with Crippen LogP contribution in [0.5, 0.6) is 17.2 Å². The number of hydrogen-bond acceptors (Lipinski definition) is 5. The third-order valence-electron chi connectivity index (χ3n) is 2.77. The molecule has 0 atom stereocenters. The molecule has 0 aliphatic heterocycles. The van der Waals surface area contributed by atoms with Crippen molar-refractivity contribution in [2.45, 2.75) is 0 Å². The summed E-state index contributed by atoms with van der Waals surface area (Å²) >= 11 is 0. The van der Waals surface area contributed by atoms with E-state index in [1.807, 2.05) is 0 Å². The van der Waals surface area contributed by atoms with E-state index in [-0.39, 0.29) is 16.8 Å². The van der Waals surface area contributed by atoms with Gasteiger partial charge >= 0.3 is 5.97 Å². The summed E-state index contributed by atoms with van der Waals surface area (Å²) in [6.45, 7) is 0. The van der Waals surface area contributed by atoms with Gasteiger partial charge < -0.3 is 25.7 Å². The van der Waals surface area contributed by atoms with Crippen molar-refractivity contribution in [2.75, 3.05) is 5.32 Å². The number of carboxylic acids is 1. The second-order valence-electron chi connectivity index (χ2n) is 4.13. The highest BCUT2D eigenvalue weighted by molar-refractivity contribution is 6.08. The zero-order chi connectivity index (χ0) is 15.6. The molecule has 0 heterocycles. The lowest BCUT2D eigenvalue weighted by Gasteiger charge is -2.10. The monoisotopic (exact) mass is 289 g/mol. The summed E-state index contributed by atoms with van der Waals surface area (Å²) in [6, 6.07) is 7.66. The Morgan fingerprint density at radius 2 is 1.48 bits per heavy atom. The molecule has 0 aliphatic rings. The van der Waals surface area contributed by atoms with Crippen LogP contribution in [0.4, 0.5) is 5.69 Å². The van der Waals surface area contributed by atoms with Crippen molar-refractivity contribution < 1.29 is 30.0 Å². The van der Waals surface area contributed by atoms with Crippen LogP contribution >= 0.6 is 0 Å². The number of benzene rings is 2. The van der Waals surface area contributed by atoms with Crippen LogP contribution in [0, 0.1) is 0 Å². The minimum absolute atomic E-state index is 0.123. The molecule has 0 aliphatic carbocycles. The van der Waals surface area contributed by atoms with Gasteiger partial charge in [0.15, 0.2) is 17.2 Å². The second kappa shape index (κ2) is 5.41. The first-order valence-corrected chi connectivity index (χ1v) is 5.79. The van der Waals surface area contributed by atoms with Gasteiger partial charge in [-0.2, -0.15) is 0 Å². The summed E-state index contributed by atoms with van der Waals surface area (Å²) in [4.78, 5) is 22.9. The summed E-state index contributed by atoms with van der Waals surface area (Å²) in [5.41, 5.74) is -0.703. The average Bonchev–Trinajstić information content (AvgIpc) is 2.43. The van der Waals surface area contributed by atoms with Crippen LogP contribution in [0.1, 0.15) is 20.7 Å². The Morgan fingerprint density at radius 3 is 2.14 bits per heavy atom.